The number of aryl methyl sites for hydroxylation is 2. The number of nitrogens with one attached hydrogen (secondary N) is 2. The van der Waals surface area contributed by atoms with E-state index in [1.807, 2.05) is 17.8 Å². The SMILES string of the molecule is CCCCn1cc(CNC(=O)NC2CC2)c(C)n1. The van der Waals surface area contributed by atoms with Crippen molar-refractivity contribution in [1.82, 2.24) is 20.4 Å². The monoisotopic (exact) mass is 250 g/mol. The molecule has 1 aliphatic carbocycles. The van der Waals surface area contributed by atoms with Crippen molar-refractivity contribution < 1.29 is 4.79 Å². The number of hydrogen-bond donors (Lipinski definition) is 2. The topological polar surface area (TPSA) is 59.0 Å². The molecule has 1 aromatic heterocycles. The molecule has 100 valence electrons. The van der Waals surface area contributed by atoms with E-state index < -0.39 is 0 Å². The summed E-state index contributed by atoms with van der Waals surface area (Å²) in [5.74, 6) is 0. The van der Waals surface area contributed by atoms with E-state index in [1.165, 1.54) is 0 Å². The van der Waals surface area contributed by atoms with Gasteiger partial charge in [-0.2, -0.15) is 5.10 Å². The summed E-state index contributed by atoms with van der Waals surface area (Å²) in [5.41, 5.74) is 2.09. The van der Waals surface area contributed by atoms with E-state index in [4.69, 9.17) is 0 Å². The highest BCUT2D eigenvalue weighted by Crippen LogP contribution is 2.18. The average Bonchev–Trinajstić information content (AvgIpc) is 3.07. The lowest BCUT2D eigenvalue weighted by Gasteiger charge is -2.05. The van der Waals surface area contributed by atoms with Crippen LogP contribution in [0.5, 0.6) is 0 Å². The molecule has 0 bridgehead atoms. The number of carbonyl (C=O) groups excluding carboxylic acids is 1. The van der Waals surface area contributed by atoms with Crippen LogP contribution in [0.3, 0.4) is 0 Å². The minimum absolute atomic E-state index is 0.0711. The number of amides is 2. The van der Waals surface area contributed by atoms with Crippen LogP contribution in [0.2, 0.25) is 0 Å². The van der Waals surface area contributed by atoms with Crippen molar-refractivity contribution in [3.05, 3.63) is 17.5 Å². The van der Waals surface area contributed by atoms with Crippen LogP contribution in [-0.2, 0) is 13.1 Å². The molecular weight excluding hydrogens is 228 g/mol. The molecule has 0 aliphatic heterocycles. The van der Waals surface area contributed by atoms with Gasteiger partial charge < -0.3 is 10.6 Å². The zero-order valence-corrected chi connectivity index (χ0v) is 11.2. The zero-order chi connectivity index (χ0) is 13.0. The highest BCUT2D eigenvalue weighted by Gasteiger charge is 2.23. The molecule has 1 heterocycles. The van der Waals surface area contributed by atoms with Gasteiger partial charge in [0.15, 0.2) is 0 Å². The van der Waals surface area contributed by atoms with E-state index in [1.54, 1.807) is 0 Å². The van der Waals surface area contributed by atoms with E-state index in [-0.39, 0.29) is 6.03 Å². The van der Waals surface area contributed by atoms with Gasteiger partial charge in [-0.15, -0.1) is 0 Å². The third-order valence-corrected chi connectivity index (χ3v) is 3.14. The van der Waals surface area contributed by atoms with Crippen LogP contribution in [0.25, 0.3) is 0 Å². The van der Waals surface area contributed by atoms with Gasteiger partial charge in [0.2, 0.25) is 0 Å². The molecule has 2 amide bonds. The van der Waals surface area contributed by atoms with Gasteiger partial charge in [-0.25, -0.2) is 4.79 Å². The Kier molecular flexibility index (Phi) is 4.23. The first kappa shape index (κ1) is 12.9. The number of nitrogens with zero attached hydrogens (tertiary/aromatic N) is 2. The zero-order valence-electron chi connectivity index (χ0n) is 11.2. The Hall–Kier alpha value is -1.52. The second-order valence-electron chi connectivity index (χ2n) is 4.96. The summed E-state index contributed by atoms with van der Waals surface area (Å²) in [6.07, 6.45) is 6.55. The van der Waals surface area contributed by atoms with Gasteiger partial charge in [-0.1, -0.05) is 13.3 Å². The Balaban J connectivity index is 1.80. The smallest absolute Gasteiger partial charge is 0.315 e. The van der Waals surface area contributed by atoms with Crippen LogP contribution in [0.15, 0.2) is 6.20 Å². The number of rotatable bonds is 6. The van der Waals surface area contributed by atoms with Gasteiger partial charge >= 0.3 is 6.03 Å². The maximum atomic E-state index is 11.5. The molecule has 0 unspecified atom stereocenters. The Morgan fingerprint density at radius 3 is 3.00 bits per heavy atom. The molecule has 2 N–H and O–H groups in total. The van der Waals surface area contributed by atoms with Crippen LogP contribution in [0.4, 0.5) is 4.79 Å². The van der Waals surface area contributed by atoms with E-state index in [9.17, 15) is 4.79 Å². The van der Waals surface area contributed by atoms with Gasteiger partial charge in [0, 0.05) is 30.9 Å². The number of unbranched alkanes of at least 4 members (excludes halogenated alkanes) is 1. The maximum Gasteiger partial charge on any atom is 0.315 e. The van der Waals surface area contributed by atoms with Gasteiger partial charge in [-0.3, -0.25) is 4.68 Å². The minimum atomic E-state index is -0.0711. The van der Waals surface area contributed by atoms with Gasteiger partial charge in [0.1, 0.15) is 0 Å². The predicted molar refractivity (Wildman–Crippen MR) is 70.3 cm³/mol. The molecule has 2 rings (SSSR count). The van der Waals surface area contributed by atoms with Crippen LogP contribution in [0.1, 0.15) is 43.9 Å². The molecule has 1 aromatic rings. The van der Waals surface area contributed by atoms with E-state index >= 15 is 0 Å². The van der Waals surface area contributed by atoms with Crippen LogP contribution in [0, 0.1) is 6.92 Å². The molecular formula is C13H22N4O. The predicted octanol–water partition coefficient (Wildman–Crippen LogP) is 1.95. The summed E-state index contributed by atoms with van der Waals surface area (Å²) in [5, 5.41) is 10.2. The highest BCUT2D eigenvalue weighted by molar-refractivity contribution is 5.74. The molecule has 0 atom stereocenters. The Bertz CT molecular complexity index is 409. The summed E-state index contributed by atoms with van der Waals surface area (Å²) in [6.45, 7) is 5.65. The van der Waals surface area contributed by atoms with Crippen molar-refractivity contribution in [2.24, 2.45) is 0 Å². The van der Waals surface area contributed by atoms with Crippen molar-refractivity contribution in [2.75, 3.05) is 0 Å². The molecule has 0 aromatic carbocycles. The summed E-state index contributed by atoms with van der Waals surface area (Å²) in [7, 11) is 0. The highest BCUT2D eigenvalue weighted by atomic mass is 16.2. The van der Waals surface area contributed by atoms with Crippen molar-refractivity contribution in [3.8, 4) is 0 Å². The first-order valence-electron chi connectivity index (χ1n) is 6.76. The summed E-state index contributed by atoms with van der Waals surface area (Å²) in [6, 6.07) is 0.330. The molecule has 1 saturated carbocycles. The molecule has 1 aliphatic rings. The molecule has 18 heavy (non-hydrogen) atoms. The Morgan fingerprint density at radius 1 is 1.56 bits per heavy atom. The summed E-state index contributed by atoms with van der Waals surface area (Å²) in [4.78, 5) is 11.5. The van der Waals surface area contributed by atoms with Crippen molar-refractivity contribution in [2.45, 2.75) is 58.7 Å². The lowest BCUT2D eigenvalue weighted by atomic mass is 10.2. The summed E-state index contributed by atoms with van der Waals surface area (Å²) < 4.78 is 1.97. The third-order valence-electron chi connectivity index (χ3n) is 3.14. The number of aromatic nitrogens is 2. The lowest BCUT2D eigenvalue weighted by molar-refractivity contribution is 0.240. The molecule has 5 nitrogen and oxygen atoms in total. The van der Waals surface area contributed by atoms with E-state index in [2.05, 4.69) is 22.7 Å². The fourth-order valence-electron chi connectivity index (χ4n) is 1.81. The molecule has 0 spiro atoms. The Morgan fingerprint density at radius 2 is 2.33 bits per heavy atom. The lowest BCUT2D eigenvalue weighted by Crippen LogP contribution is -2.36. The quantitative estimate of drug-likeness (QED) is 0.810. The first-order valence-corrected chi connectivity index (χ1v) is 6.76. The minimum Gasteiger partial charge on any atom is -0.335 e. The first-order chi connectivity index (χ1) is 8.69. The maximum absolute atomic E-state index is 11.5. The summed E-state index contributed by atoms with van der Waals surface area (Å²) >= 11 is 0. The van der Waals surface area contributed by atoms with Crippen LogP contribution >= 0.6 is 0 Å². The van der Waals surface area contributed by atoms with Gasteiger partial charge in [0.05, 0.1) is 5.69 Å². The van der Waals surface area contributed by atoms with Crippen molar-refractivity contribution >= 4 is 6.03 Å². The number of urea groups is 1. The second-order valence-corrected chi connectivity index (χ2v) is 4.96. The molecule has 5 heteroatoms. The van der Waals surface area contributed by atoms with E-state index in [0.29, 0.717) is 12.6 Å². The number of carbonyl (C=O) groups is 1. The molecule has 0 saturated heterocycles. The van der Waals surface area contributed by atoms with Gasteiger partial charge in [0.25, 0.3) is 0 Å². The standard InChI is InChI=1S/C13H22N4O/c1-3-4-7-17-9-11(10(2)16-17)8-14-13(18)15-12-5-6-12/h9,12H,3-8H2,1-2H3,(H2,14,15,18). The Labute approximate surface area is 108 Å². The fourth-order valence-corrected chi connectivity index (χ4v) is 1.81. The molecule has 0 radical (unpaired) electrons. The van der Waals surface area contributed by atoms with Gasteiger partial charge in [-0.05, 0) is 26.2 Å². The molecule has 1 fully saturated rings. The normalized spacial score (nSPS) is 14.6. The average molecular weight is 250 g/mol. The van der Waals surface area contributed by atoms with Crippen LogP contribution < -0.4 is 10.6 Å². The fraction of sp³-hybridized carbons (Fsp3) is 0.692. The van der Waals surface area contributed by atoms with E-state index in [0.717, 1.165) is 43.5 Å². The van der Waals surface area contributed by atoms with Crippen molar-refractivity contribution in [1.29, 1.82) is 0 Å². The number of hydrogen-bond acceptors (Lipinski definition) is 2. The van der Waals surface area contributed by atoms with Crippen molar-refractivity contribution in [3.63, 3.8) is 0 Å². The largest absolute Gasteiger partial charge is 0.335 e. The third kappa shape index (κ3) is 3.75. The van der Waals surface area contributed by atoms with Crippen LogP contribution in [-0.4, -0.2) is 21.9 Å². The second kappa shape index (κ2) is 5.89.